The van der Waals surface area contributed by atoms with Crippen LogP contribution < -0.4 is 0 Å². The number of allylic oxidation sites excluding steroid dienone is 1. The third-order valence-electron chi connectivity index (χ3n) is 3.76. The number of hydrogen-bond donors (Lipinski definition) is 1. The molecule has 0 radical (unpaired) electrons. The summed E-state index contributed by atoms with van der Waals surface area (Å²) in [6, 6.07) is 14.2. The zero-order chi connectivity index (χ0) is 12.7. The van der Waals surface area contributed by atoms with Crippen LogP contribution in [0.4, 0.5) is 0 Å². The fourth-order valence-corrected chi connectivity index (χ4v) is 2.86. The Labute approximate surface area is 107 Å². The van der Waals surface area contributed by atoms with Crippen molar-refractivity contribution in [2.45, 2.75) is 19.3 Å². The molecule has 0 aromatic heterocycles. The average Bonchev–Trinajstić information content (AvgIpc) is 2.38. The Kier molecular flexibility index (Phi) is 2.48. The highest BCUT2D eigenvalue weighted by Crippen LogP contribution is 2.45. The van der Waals surface area contributed by atoms with Crippen molar-refractivity contribution in [1.82, 2.24) is 0 Å². The summed E-state index contributed by atoms with van der Waals surface area (Å²) in [7, 11) is 0. The molecule has 0 saturated carbocycles. The van der Waals surface area contributed by atoms with Gasteiger partial charge in [-0.05, 0) is 36.1 Å². The lowest BCUT2D eigenvalue weighted by molar-refractivity contribution is 0.464. The molecule has 1 unspecified atom stereocenters. The molecule has 0 aliphatic heterocycles. The van der Waals surface area contributed by atoms with Gasteiger partial charge in [0.2, 0.25) is 0 Å². The summed E-state index contributed by atoms with van der Waals surface area (Å²) in [5, 5.41) is 10.2. The first-order chi connectivity index (χ1) is 8.68. The van der Waals surface area contributed by atoms with Gasteiger partial charge in [-0.25, -0.2) is 0 Å². The first-order valence-corrected chi connectivity index (χ1v) is 6.24. The standard InChI is InChI=1S/C17H16O/c1-11(2)15-10-12-6-3-4-7-13(12)14-8-5-9-16(18)17(14)15/h3-9,15,18H,1,10H2,2H3. The van der Waals surface area contributed by atoms with Gasteiger partial charge in [-0.2, -0.15) is 0 Å². The van der Waals surface area contributed by atoms with Crippen LogP contribution in [0.3, 0.4) is 0 Å². The largest absolute Gasteiger partial charge is 0.508 e. The van der Waals surface area contributed by atoms with E-state index < -0.39 is 0 Å². The fraction of sp³-hybridized carbons (Fsp3) is 0.176. The summed E-state index contributed by atoms with van der Waals surface area (Å²) in [6.07, 6.45) is 0.927. The topological polar surface area (TPSA) is 20.2 Å². The summed E-state index contributed by atoms with van der Waals surface area (Å²) in [5.41, 5.74) is 5.85. The van der Waals surface area contributed by atoms with Gasteiger partial charge in [-0.1, -0.05) is 48.6 Å². The Balaban J connectivity index is 2.31. The Morgan fingerprint density at radius 2 is 1.83 bits per heavy atom. The van der Waals surface area contributed by atoms with E-state index in [-0.39, 0.29) is 5.92 Å². The van der Waals surface area contributed by atoms with Crippen LogP contribution in [0.1, 0.15) is 24.0 Å². The zero-order valence-electron chi connectivity index (χ0n) is 10.5. The lowest BCUT2D eigenvalue weighted by atomic mass is 9.76. The Morgan fingerprint density at radius 3 is 2.61 bits per heavy atom. The van der Waals surface area contributed by atoms with Crippen LogP contribution in [0, 0.1) is 0 Å². The molecular weight excluding hydrogens is 220 g/mol. The molecule has 2 aromatic rings. The molecule has 1 atom stereocenters. The fourth-order valence-electron chi connectivity index (χ4n) is 2.86. The molecule has 2 aromatic carbocycles. The summed E-state index contributed by atoms with van der Waals surface area (Å²) < 4.78 is 0. The Bertz CT molecular complexity index is 625. The molecule has 0 fully saturated rings. The highest BCUT2D eigenvalue weighted by atomic mass is 16.3. The molecule has 0 bridgehead atoms. The first kappa shape index (κ1) is 11.1. The van der Waals surface area contributed by atoms with Gasteiger partial charge in [-0.3, -0.25) is 0 Å². The van der Waals surface area contributed by atoms with Crippen LogP contribution in [0.15, 0.2) is 54.6 Å². The van der Waals surface area contributed by atoms with Crippen LogP contribution in [0.2, 0.25) is 0 Å². The average molecular weight is 236 g/mol. The van der Waals surface area contributed by atoms with Crippen LogP contribution in [0.5, 0.6) is 5.75 Å². The Hall–Kier alpha value is -2.02. The number of phenolic OH excluding ortho intramolecular Hbond substituents is 1. The van der Waals surface area contributed by atoms with Crippen molar-refractivity contribution < 1.29 is 5.11 Å². The smallest absolute Gasteiger partial charge is 0.120 e. The minimum absolute atomic E-state index is 0.219. The molecule has 0 heterocycles. The predicted molar refractivity (Wildman–Crippen MR) is 74.8 cm³/mol. The first-order valence-electron chi connectivity index (χ1n) is 6.24. The summed E-state index contributed by atoms with van der Waals surface area (Å²) >= 11 is 0. The molecule has 0 spiro atoms. The molecule has 1 heteroatoms. The number of hydrogen-bond acceptors (Lipinski definition) is 1. The van der Waals surface area contributed by atoms with E-state index in [0.717, 1.165) is 23.1 Å². The van der Waals surface area contributed by atoms with Crippen LogP contribution in [-0.4, -0.2) is 5.11 Å². The van der Waals surface area contributed by atoms with E-state index in [1.165, 1.54) is 11.1 Å². The van der Waals surface area contributed by atoms with E-state index in [1.54, 1.807) is 6.07 Å². The molecule has 1 nitrogen and oxygen atoms in total. The molecule has 18 heavy (non-hydrogen) atoms. The SMILES string of the molecule is C=C(C)C1Cc2ccccc2-c2cccc(O)c21. The van der Waals surface area contributed by atoms with Gasteiger partial charge in [0.05, 0.1) is 0 Å². The molecule has 1 N–H and O–H groups in total. The van der Waals surface area contributed by atoms with Crippen molar-refractivity contribution >= 4 is 0 Å². The van der Waals surface area contributed by atoms with E-state index in [2.05, 4.69) is 30.8 Å². The minimum atomic E-state index is 0.219. The quantitative estimate of drug-likeness (QED) is 0.733. The lowest BCUT2D eigenvalue weighted by Crippen LogP contribution is -2.12. The highest BCUT2D eigenvalue weighted by Gasteiger charge is 2.27. The highest BCUT2D eigenvalue weighted by molar-refractivity contribution is 5.77. The second kappa shape index (κ2) is 4.02. The number of phenols is 1. The summed E-state index contributed by atoms with van der Waals surface area (Å²) in [6.45, 7) is 6.12. The monoisotopic (exact) mass is 236 g/mol. The van der Waals surface area contributed by atoms with Gasteiger partial charge in [0.25, 0.3) is 0 Å². The molecule has 90 valence electrons. The van der Waals surface area contributed by atoms with Crippen molar-refractivity contribution in [2.24, 2.45) is 0 Å². The number of benzene rings is 2. The zero-order valence-corrected chi connectivity index (χ0v) is 10.5. The second-order valence-electron chi connectivity index (χ2n) is 5.00. The van der Waals surface area contributed by atoms with Gasteiger partial charge in [0.1, 0.15) is 5.75 Å². The van der Waals surface area contributed by atoms with Gasteiger partial charge in [-0.15, -0.1) is 0 Å². The normalized spacial score (nSPS) is 16.8. The van der Waals surface area contributed by atoms with Crippen LogP contribution in [0.25, 0.3) is 11.1 Å². The van der Waals surface area contributed by atoms with Crippen molar-refractivity contribution in [1.29, 1.82) is 0 Å². The predicted octanol–water partition coefficient (Wildman–Crippen LogP) is 4.28. The van der Waals surface area contributed by atoms with Gasteiger partial charge in [0, 0.05) is 11.5 Å². The van der Waals surface area contributed by atoms with Crippen molar-refractivity contribution in [3.63, 3.8) is 0 Å². The van der Waals surface area contributed by atoms with Gasteiger partial charge >= 0.3 is 0 Å². The third-order valence-corrected chi connectivity index (χ3v) is 3.76. The number of rotatable bonds is 1. The van der Waals surface area contributed by atoms with E-state index in [9.17, 15) is 5.11 Å². The van der Waals surface area contributed by atoms with Gasteiger partial charge < -0.3 is 5.11 Å². The summed E-state index contributed by atoms with van der Waals surface area (Å²) in [5.74, 6) is 0.603. The molecule has 3 rings (SSSR count). The van der Waals surface area contributed by atoms with E-state index in [1.807, 2.05) is 19.1 Å². The lowest BCUT2D eigenvalue weighted by Gasteiger charge is -2.28. The van der Waals surface area contributed by atoms with Crippen LogP contribution >= 0.6 is 0 Å². The minimum Gasteiger partial charge on any atom is -0.508 e. The third kappa shape index (κ3) is 1.55. The second-order valence-corrected chi connectivity index (χ2v) is 5.00. The van der Waals surface area contributed by atoms with E-state index >= 15 is 0 Å². The molecule has 1 aliphatic rings. The van der Waals surface area contributed by atoms with Crippen molar-refractivity contribution in [3.05, 3.63) is 65.7 Å². The van der Waals surface area contributed by atoms with Crippen LogP contribution in [-0.2, 0) is 6.42 Å². The van der Waals surface area contributed by atoms with E-state index in [4.69, 9.17) is 0 Å². The maximum atomic E-state index is 10.2. The maximum Gasteiger partial charge on any atom is 0.120 e. The van der Waals surface area contributed by atoms with Gasteiger partial charge in [0.15, 0.2) is 0 Å². The molecular formula is C17H16O. The van der Waals surface area contributed by atoms with E-state index in [0.29, 0.717) is 5.75 Å². The summed E-state index contributed by atoms with van der Waals surface area (Å²) in [4.78, 5) is 0. The maximum absolute atomic E-state index is 10.2. The Morgan fingerprint density at radius 1 is 1.11 bits per heavy atom. The number of fused-ring (bicyclic) bond motifs is 3. The van der Waals surface area contributed by atoms with Crippen molar-refractivity contribution in [3.8, 4) is 16.9 Å². The van der Waals surface area contributed by atoms with Crippen molar-refractivity contribution in [2.75, 3.05) is 0 Å². The molecule has 1 aliphatic carbocycles. The number of aromatic hydroxyl groups is 1. The molecule has 0 saturated heterocycles. The molecule has 0 amide bonds.